The first-order valence-corrected chi connectivity index (χ1v) is 9.59. The highest BCUT2D eigenvalue weighted by Gasteiger charge is 2.26. The number of amides is 1. The molecule has 2 rings (SSSR count). The molecular weight excluding hydrogens is 322 g/mol. The molecule has 136 valence electrons. The second-order valence-electron chi connectivity index (χ2n) is 7.85. The zero-order valence-corrected chi connectivity index (χ0v) is 16.6. The molecule has 1 N–H and O–H groups in total. The van der Waals surface area contributed by atoms with Crippen LogP contribution in [0.3, 0.4) is 0 Å². The second-order valence-corrected chi connectivity index (χ2v) is 8.85. The van der Waals surface area contributed by atoms with Crippen LogP contribution in [0.25, 0.3) is 0 Å². The van der Waals surface area contributed by atoms with E-state index in [0.29, 0.717) is 18.5 Å². The summed E-state index contributed by atoms with van der Waals surface area (Å²) in [5.41, 5.74) is 0.803. The van der Waals surface area contributed by atoms with E-state index < -0.39 is 0 Å². The van der Waals surface area contributed by atoms with Gasteiger partial charge in [0.25, 0.3) is 5.91 Å². The number of carbonyl (C=O) groups is 1. The van der Waals surface area contributed by atoms with Crippen LogP contribution in [0.15, 0.2) is 0 Å². The predicted molar refractivity (Wildman–Crippen MR) is 98.9 cm³/mol. The van der Waals surface area contributed by atoms with Gasteiger partial charge in [-0.3, -0.25) is 9.69 Å². The molecule has 5 nitrogen and oxygen atoms in total. The minimum atomic E-state index is -0.0256. The molecule has 0 spiro atoms. The maximum Gasteiger partial charge on any atom is 0.263 e. The van der Waals surface area contributed by atoms with Crippen molar-refractivity contribution in [2.24, 2.45) is 5.92 Å². The summed E-state index contributed by atoms with van der Waals surface area (Å²) in [5.74, 6) is 0.482. The van der Waals surface area contributed by atoms with E-state index in [9.17, 15) is 4.79 Å². The zero-order chi connectivity index (χ0) is 17.9. The van der Waals surface area contributed by atoms with E-state index in [2.05, 4.69) is 49.8 Å². The van der Waals surface area contributed by atoms with E-state index in [4.69, 9.17) is 4.74 Å². The number of nitrogens with one attached hydrogen (secondary N) is 1. The van der Waals surface area contributed by atoms with Crippen molar-refractivity contribution in [1.82, 2.24) is 15.2 Å². The van der Waals surface area contributed by atoms with Crippen molar-refractivity contribution in [3.8, 4) is 0 Å². The Balaban J connectivity index is 2.02. The third-order valence-corrected chi connectivity index (χ3v) is 5.98. The molecule has 1 unspecified atom stereocenters. The quantitative estimate of drug-likeness (QED) is 0.884. The Hall–Kier alpha value is -0.980. The number of aryl methyl sites for hydroxylation is 1. The van der Waals surface area contributed by atoms with E-state index in [1.165, 1.54) is 11.3 Å². The molecule has 0 aromatic carbocycles. The molecule has 0 aliphatic carbocycles. The lowest BCUT2D eigenvalue weighted by molar-refractivity contribution is 0.00673. The molecule has 1 aromatic heterocycles. The van der Waals surface area contributed by atoms with Gasteiger partial charge >= 0.3 is 0 Å². The molecular formula is C18H31N3O2S. The molecule has 1 aliphatic heterocycles. The lowest BCUT2D eigenvalue weighted by atomic mass is 9.98. The fourth-order valence-corrected chi connectivity index (χ4v) is 3.94. The largest absolute Gasteiger partial charge is 0.379 e. The summed E-state index contributed by atoms with van der Waals surface area (Å²) >= 11 is 1.51. The molecule has 1 amide bonds. The SMILES string of the molecule is Cc1nc(C(C)(C)C)sc1C(=O)NCC(C(C)C)N1CCOCC1. The first-order chi connectivity index (χ1) is 11.2. The number of aromatic nitrogens is 1. The third kappa shape index (κ3) is 4.77. The van der Waals surface area contributed by atoms with Gasteiger partial charge in [-0.05, 0) is 12.8 Å². The molecule has 1 atom stereocenters. The molecule has 1 fully saturated rings. The van der Waals surface area contributed by atoms with Crippen molar-refractivity contribution in [2.75, 3.05) is 32.8 Å². The monoisotopic (exact) mass is 353 g/mol. The molecule has 2 heterocycles. The number of nitrogens with zero attached hydrogens (tertiary/aromatic N) is 2. The minimum Gasteiger partial charge on any atom is -0.379 e. The number of carbonyl (C=O) groups excluding carboxylic acids is 1. The smallest absolute Gasteiger partial charge is 0.263 e. The van der Waals surface area contributed by atoms with Gasteiger partial charge in [0, 0.05) is 31.1 Å². The maximum absolute atomic E-state index is 12.6. The fraction of sp³-hybridized carbons (Fsp3) is 0.778. The van der Waals surface area contributed by atoms with E-state index in [0.717, 1.165) is 41.9 Å². The number of thiazole rings is 1. The van der Waals surface area contributed by atoms with Crippen LogP contribution in [0.5, 0.6) is 0 Å². The normalized spacial score (nSPS) is 18.0. The summed E-state index contributed by atoms with van der Waals surface area (Å²) in [5, 5.41) is 4.15. The number of hydrogen-bond donors (Lipinski definition) is 1. The summed E-state index contributed by atoms with van der Waals surface area (Å²) in [6, 6.07) is 0.341. The van der Waals surface area contributed by atoms with Crippen LogP contribution in [0.1, 0.15) is 55.0 Å². The van der Waals surface area contributed by atoms with Crippen molar-refractivity contribution >= 4 is 17.2 Å². The van der Waals surface area contributed by atoms with E-state index in [-0.39, 0.29) is 11.3 Å². The summed E-state index contributed by atoms with van der Waals surface area (Å²) in [4.78, 5) is 20.4. The van der Waals surface area contributed by atoms with Gasteiger partial charge in [-0.2, -0.15) is 0 Å². The van der Waals surface area contributed by atoms with E-state index >= 15 is 0 Å². The van der Waals surface area contributed by atoms with Gasteiger partial charge in [-0.25, -0.2) is 4.98 Å². The number of hydrogen-bond acceptors (Lipinski definition) is 5. The summed E-state index contributed by atoms with van der Waals surface area (Å²) in [6.45, 7) is 16.8. The van der Waals surface area contributed by atoms with Crippen LogP contribution >= 0.6 is 11.3 Å². The molecule has 0 saturated carbocycles. The number of rotatable bonds is 5. The number of ether oxygens (including phenoxy) is 1. The Bertz CT molecular complexity index is 557. The van der Waals surface area contributed by atoms with Crippen molar-refractivity contribution < 1.29 is 9.53 Å². The summed E-state index contributed by atoms with van der Waals surface area (Å²) in [7, 11) is 0. The Labute approximate surface area is 149 Å². The van der Waals surface area contributed by atoms with Crippen molar-refractivity contribution in [3.63, 3.8) is 0 Å². The molecule has 1 aliphatic rings. The van der Waals surface area contributed by atoms with Gasteiger partial charge < -0.3 is 10.1 Å². The first kappa shape index (κ1) is 19.3. The molecule has 24 heavy (non-hydrogen) atoms. The van der Waals surface area contributed by atoms with Crippen LogP contribution in [-0.2, 0) is 10.2 Å². The van der Waals surface area contributed by atoms with Gasteiger partial charge in [0.15, 0.2) is 0 Å². The molecule has 0 radical (unpaired) electrons. The van der Waals surface area contributed by atoms with Gasteiger partial charge in [0.05, 0.1) is 23.9 Å². The summed E-state index contributed by atoms with van der Waals surface area (Å²) < 4.78 is 5.44. The highest BCUT2D eigenvalue weighted by atomic mass is 32.1. The zero-order valence-electron chi connectivity index (χ0n) is 15.8. The van der Waals surface area contributed by atoms with Crippen LogP contribution in [-0.4, -0.2) is 54.7 Å². The lowest BCUT2D eigenvalue weighted by Gasteiger charge is -2.36. The molecule has 1 aromatic rings. The Kier molecular flexibility index (Phi) is 6.39. The van der Waals surface area contributed by atoms with Gasteiger partial charge in [-0.1, -0.05) is 34.6 Å². The molecule has 0 bridgehead atoms. The minimum absolute atomic E-state index is 0.000547. The standard InChI is InChI=1S/C18H31N3O2S/c1-12(2)14(21-7-9-23-10-8-21)11-19-16(22)15-13(3)20-17(24-15)18(4,5)6/h12,14H,7-11H2,1-6H3,(H,19,22). The average molecular weight is 354 g/mol. The predicted octanol–water partition coefficient (Wildman–Crippen LogP) is 2.84. The topological polar surface area (TPSA) is 54.5 Å². The molecule has 6 heteroatoms. The van der Waals surface area contributed by atoms with Crippen molar-refractivity contribution in [1.29, 1.82) is 0 Å². The van der Waals surface area contributed by atoms with Gasteiger partial charge in [0.2, 0.25) is 0 Å². The van der Waals surface area contributed by atoms with Crippen molar-refractivity contribution in [3.05, 3.63) is 15.6 Å². The van der Waals surface area contributed by atoms with Crippen LogP contribution in [0.2, 0.25) is 0 Å². The maximum atomic E-state index is 12.6. The van der Waals surface area contributed by atoms with Crippen molar-refractivity contribution in [2.45, 2.75) is 53.0 Å². The number of morpholine rings is 1. The third-order valence-electron chi connectivity index (χ3n) is 4.40. The average Bonchev–Trinajstić information content (AvgIpc) is 2.90. The molecule has 1 saturated heterocycles. The van der Waals surface area contributed by atoms with Gasteiger partial charge in [-0.15, -0.1) is 11.3 Å². The van der Waals surface area contributed by atoms with Gasteiger partial charge in [0.1, 0.15) is 4.88 Å². The Morgan fingerprint density at radius 1 is 1.33 bits per heavy atom. The first-order valence-electron chi connectivity index (χ1n) is 8.78. The Morgan fingerprint density at radius 3 is 2.46 bits per heavy atom. The highest BCUT2D eigenvalue weighted by molar-refractivity contribution is 7.14. The lowest BCUT2D eigenvalue weighted by Crippen LogP contribution is -2.51. The van der Waals surface area contributed by atoms with Crippen LogP contribution < -0.4 is 5.32 Å². The van der Waals surface area contributed by atoms with E-state index in [1.54, 1.807) is 0 Å². The fourth-order valence-electron chi connectivity index (χ4n) is 2.90. The second kappa shape index (κ2) is 7.93. The highest BCUT2D eigenvalue weighted by Crippen LogP contribution is 2.29. The van der Waals surface area contributed by atoms with Crippen LogP contribution in [0, 0.1) is 12.8 Å². The van der Waals surface area contributed by atoms with Crippen LogP contribution in [0.4, 0.5) is 0 Å². The van der Waals surface area contributed by atoms with E-state index in [1.807, 2.05) is 6.92 Å². The Morgan fingerprint density at radius 2 is 1.96 bits per heavy atom. The summed E-state index contributed by atoms with van der Waals surface area (Å²) in [6.07, 6.45) is 0.